The van der Waals surface area contributed by atoms with Crippen molar-refractivity contribution in [3.63, 3.8) is 0 Å². The lowest BCUT2D eigenvalue weighted by atomic mass is 10.3. The predicted octanol–water partition coefficient (Wildman–Crippen LogP) is 2.26. The molecule has 0 radical (unpaired) electrons. The van der Waals surface area contributed by atoms with Crippen LogP contribution in [0.5, 0.6) is 17.4 Å². The highest BCUT2D eigenvalue weighted by atomic mass is 16.5. The number of benzene rings is 1. The highest BCUT2D eigenvalue weighted by Crippen LogP contribution is 2.31. The molecule has 0 saturated heterocycles. The van der Waals surface area contributed by atoms with E-state index >= 15 is 0 Å². The lowest BCUT2D eigenvalue weighted by Crippen LogP contribution is -2.11. The molecular formula is C13H16N4O2. The molecule has 2 aromatic rings. The topological polar surface area (TPSA) is 82.3 Å². The monoisotopic (exact) mass is 260 g/mol. The minimum atomic E-state index is 0.300. The van der Waals surface area contributed by atoms with E-state index in [2.05, 4.69) is 15.4 Å². The number of aromatic nitrogens is 2. The fourth-order valence-electron chi connectivity index (χ4n) is 1.51. The van der Waals surface area contributed by atoms with E-state index in [0.29, 0.717) is 29.9 Å². The van der Waals surface area contributed by atoms with E-state index in [4.69, 9.17) is 15.3 Å². The van der Waals surface area contributed by atoms with Gasteiger partial charge < -0.3 is 9.47 Å². The Morgan fingerprint density at radius 2 is 2.00 bits per heavy atom. The van der Waals surface area contributed by atoms with Crippen LogP contribution in [0.2, 0.25) is 0 Å². The van der Waals surface area contributed by atoms with Crippen molar-refractivity contribution < 1.29 is 9.47 Å². The molecule has 1 aromatic heterocycles. The van der Waals surface area contributed by atoms with Gasteiger partial charge in [-0.25, -0.2) is 10.8 Å². The van der Waals surface area contributed by atoms with Gasteiger partial charge in [-0.05, 0) is 26.0 Å². The van der Waals surface area contributed by atoms with E-state index in [1.807, 2.05) is 38.1 Å². The Morgan fingerprint density at radius 3 is 2.68 bits per heavy atom. The van der Waals surface area contributed by atoms with Crippen LogP contribution in [0, 0.1) is 6.92 Å². The maximum atomic E-state index is 5.76. The first-order chi connectivity index (χ1) is 9.24. The summed E-state index contributed by atoms with van der Waals surface area (Å²) >= 11 is 0. The van der Waals surface area contributed by atoms with Crippen molar-refractivity contribution in [1.82, 2.24) is 9.97 Å². The van der Waals surface area contributed by atoms with Gasteiger partial charge in [0, 0.05) is 11.8 Å². The number of nitrogen functional groups attached to an aromatic ring is 1. The summed E-state index contributed by atoms with van der Waals surface area (Å²) in [5, 5.41) is 0. The van der Waals surface area contributed by atoms with Gasteiger partial charge in [-0.15, -0.1) is 0 Å². The number of hydrogen-bond donors (Lipinski definition) is 2. The summed E-state index contributed by atoms with van der Waals surface area (Å²) in [4.78, 5) is 8.16. The molecule has 0 aliphatic rings. The molecule has 2 rings (SSSR count). The quantitative estimate of drug-likeness (QED) is 0.634. The average molecular weight is 260 g/mol. The van der Waals surface area contributed by atoms with Gasteiger partial charge >= 0.3 is 0 Å². The summed E-state index contributed by atoms with van der Waals surface area (Å²) in [6, 6.07) is 7.42. The van der Waals surface area contributed by atoms with Crippen LogP contribution in [0.1, 0.15) is 12.5 Å². The third-order valence-corrected chi connectivity index (χ3v) is 2.41. The highest BCUT2D eigenvalue weighted by molar-refractivity contribution is 5.43. The van der Waals surface area contributed by atoms with Crippen molar-refractivity contribution in [3.05, 3.63) is 36.0 Å². The number of aryl methyl sites for hydroxylation is 1. The Labute approximate surface area is 111 Å². The Bertz CT molecular complexity index is 560. The maximum absolute atomic E-state index is 5.76. The number of nitrogens with two attached hydrogens (primary N) is 1. The van der Waals surface area contributed by atoms with E-state index in [1.165, 1.54) is 0 Å². The van der Waals surface area contributed by atoms with E-state index in [-0.39, 0.29) is 0 Å². The van der Waals surface area contributed by atoms with Crippen molar-refractivity contribution in [2.45, 2.75) is 13.8 Å². The number of anilines is 1. The van der Waals surface area contributed by atoms with Crippen LogP contribution < -0.4 is 20.7 Å². The number of ether oxygens (including phenoxy) is 2. The van der Waals surface area contributed by atoms with Gasteiger partial charge in [0.15, 0.2) is 11.5 Å². The van der Waals surface area contributed by atoms with Crippen molar-refractivity contribution in [1.29, 1.82) is 0 Å². The van der Waals surface area contributed by atoms with Crippen molar-refractivity contribution >= 4 is 5.95 Å². The summed E-state index contributed by atoms with van der Waals surface area (Å²) in [5.74, 6) is 7.30. The molecule has 0 saturated carbocycles. The Balaban J connectivity index is 2.30. The molecule has 0 aliphatic heterocycles. The first kappa shape index (κ1) is 13.1. The normalized spacial score (nSPS) is 10.1. The van der Waals surface area contributed by atoms with E-state index in [1.54, 1.807) is 6.20 Å². The fourth-order valence-corrected chi connectivity index (χ4v) is 1.51. The fraction of sp³-hybridized carbons (Fsp3) is 0.231. The minimum Gasteiger partial charge on any atom is -0.490 e. The second-order valence-corrected chi connectivity index (χ2v) is 3.81. The van der Waals surface area contributed by atoms with Crippen LogP contribution in [0.4, 0.5) is 5.95 Å². The van der Waals surface area contributed by atoms with Crippen molar-refractivity contribution in [3.8, 4) is 17.4 Å². The molecule has 0 fully saturated rings. The Hall–Kier alpha value is -2.34. The lowest BCUT2D eigenvalue weighted by Gasteiger charge is -2.12. The molecule has 0 amide bonds. The first-order valence-corrected chi connectivity index (χ1v) is 5.94. The highest BCUT2D eigenvalue weighted by Gasteiger charge is 2.09. The number of nitrogens with zero attached hydrogens (tertiary/aromatic N) is 2. The molecule has 0 aliphatic carbocycles. The molecule has 6 heteroatoms. The van der Waals surface area contributed by atoms with Crippen LogP contribution in [0.3, 0.4) is 0 Å². The number of hydrazine groups is 1. The SMILES string of the molecule is CCOc1ccccc1Oc1nc(NN)ncc1C. The minimum absolute atomic E-state index is 0.300. The van der Waals surface area contributed by atoms with Crippen LogP contribution in [-0.4, -0.2) is 16.6 Å². The number of para-hydroxylation sites is 2. The zero-order chi connectivity index (χ0) is 13.7. The van der Waals surface area contributed by atoms with E-state index in [0.717, 1.165) is 5.56 Å². The van der Waals surface area contributed by atoms with Gasteiger partial charge in [0.05, 0.1) is 6.61 Å². The molecule has 0 unspecified atom stereocenters. The number of hydrogen-bond acceptors (Lipinski definition) is 6. The van der Waals surface area contributed by atoms with Gasteiger partial charge in [-0.2, -0.15) is 4.98 Å². The smallest absolute Gasteiger partial charge is 0.240 e. The molecule has 0 atom stereocenters. The molecular weight excluding hydrogens is 244 g/mol. The first-order valence-electron chi connectivity index (χ1n) is 5.94. The summed E-state index contributed by atoms with van der Waals surface area (Å²) in [6.45, 7) is 4.35. The van der Waals surface area contributed by atoms with Crippen molar-refractivity contribution in [2.75, 3.05) is 12.0 Å². The zero-order valence-corrected chi connectivity index (χ0v) is 10.9. The van der Waals surface area contributed by atoms with Gasteiger partial charge in [0.1, 0.15) is 0 Å². The van der Waals surface area contributed by atoms with Crippen LogP contribution in [-0.2, 0) is 0 Å². The molecule has 19 heavy (non-hydrogen) atoms. The Morgan fingerprint density at radius 1 is 1.26 bits per heavy atom. The summed E-state index contributed by atoms with van der Waals surface area (Å²) < 4.78 is 11.3. The van der Waals surface area contributed by atoms with E-state index in [9.17, 15) is 0 Å². The lowest BCUT2D eigenvalue weighted by molar-refractivity contribution is 0.319. The maximum Gasteiger partial charge on any atom is 0.240 e. The van der Waals surface area contributed by atoms with Crippen LogP contribution in [0.25, 0.3) is 0 Å². The van der Waals surface area contributed by atoms with Crippen molar-refractivity contribution in [2.24, 2.45) is 5.84 Å². The van der Waals surface area contributed by atoms with Gasteiger partial charge in [-0.3, -0.25) is 5.43 Å². The molecule has 0 bridgehead atoms. The largest absolute Gasteiger partial charge is 0.490 e. The zero-order valence-electron chi connectivity index (χ0n) is 10.9. The molecule has 1 aromatic carbocycles. The third kappa shape index (κ3) is 3.11. The number of nitrogens with one attached hydrogen (secondary N) is 1. The predicted molar refractivity (Wildman–Crippen MR) is 72.3 cm³/mol. The van der Waals surface area contributed by atoms with Crippen LogP contribution >= 0.6 is 0 Å². The van der Waals surface area contributed by atoms with Gasteiger partial charge in [0.2, 0.25) is 11.8 Å². The second-order valence-electron chi connectivity index (χ2n) is 3.81. The summed E-state index contributed by atoms with van der Waals surface area (Å²) in [6.07, 6.45) is 1.64. The Kier molecular flexibility index (Phi) is 4.15. The second kappa shape index (κ2) is 6.01. The van der Waals surface area contributed by atoms with Crippen LogP contribution in [0.15, 0.2) is 30.5 Å². The standard InChI is InChI=1S/C13H16N4O2/c1-3-18-10-6-4-5-7-11(10)19-12-9(2)8-15-13(16-12)17-14/h4-8H,3,14H2,1-2H3,(H,15,16,17). The summed E-state index contributed by atoms with van der Waals surface area (Å²) in [5.41, 5.74) is 3.20. The van der Waals surface area contributed by atoms with E-state index < -0.39 is 0 Å². The third-order valence-electron chi connectivity index (χ3n) is 2.41. The average Bonchev–Trinajstić information content (AvgIpc) is 2.43. The van der Waals surface area contributed by atoms with Gasteiger partial charge in [-0.1, -0.05) is 12.1 Å². The molecule has 100 valence electrons. The van der Waals surface area contributed by atoms with Gasteiger partial charge in [0.25, 0.3) is 0 Å². The molecule has 1 heterocycles. The molecule has 0 spiro atoms. The summed E-state index contributed by atoms with van der Waals surface area (Å²) in [7, 11) is 0. The molecule has 3 N–H and O–H groups in total. The number of rotatable bonds is 5. The molecule has 6 nitrogen and oxygen atoms in total.